The molecular formula is C11H22NaO4P. The van der Waals surface area contributed by atoms with E-state index in [1.165, 1.54) is 0 Å². The van der Waals surface area contributed by atoms with Crippen LogP contribution in [0.1, 0.15) is 46.0 Å². The summed E-state index contributed by atoms with van der Waals surface area (Å²) in [6.45, 7) is 4.63. The zero-order chi connectivity index (χ0) is 12.4. The van der Waals surface area contributed by atoms with E-state index >= 15 is 0 Å². The van der Waals surface area contributed by atoms with Crippen LogP contribution in [0.15, 0.2) is 0 Å². The molecule has 0 rings (SSSR count). The van der Waals surface area contributed by atoms with Gasteiger partial charge in [-0.05, 0) is 12.3 Å². The van der Waals surface area contributed by atoms with Crippen molar-refractivity contribution >= 4 is 14.3 Å². The zero-order valence-corrected chi connectivity index (χ0v) is 14.2. The van der Waals surface area contributed by atoms with Crippen LogP contribution in [0.4, 0.5) is 0 Å². The number of ether oxygens (including phenoxy) is 1. The number of esters is 1. The Morgan fingerprint density at radius 2 is 2.00 bits per heavy atom. The molecule has 0 saturated carbocycles. The molecule has 0 aromatic heterocycles. The molecule has 0 heterocycles. The smallest absolute Gasteiger partial charge is 0.685 e. The molecule has 0 aromatic carbocycles. The van der Waals surface area contributed by atoms with Gasteiger partial charge in [-0.1, -0.05) is 33.1 Å². The Hall–Kier alpha value is 0.820. The Morgan fingerprint density at radius 3 is 2.47 bits per heavy atom. The minimum atomic E-state index is -2.79. The molecule has 0 aliphatic rings. The summed E-state index contributed by atoms with van der Waals surface area (Å²) < 4.78 is 5.04. The Balaban J connectivity index is 0. The van der Waals surface area contributed by atoms with Gasteiger partial charge in [0.25, 0.3) is 0 Å². The maximum Gasteiger partial charge on any atom is 1.00 e. The van der Waals surface area contributed by atoms with E-state index < -0.39 is 14.3 Å². The number of carbonyl (C=O) groups excluding carboxylic acids is 1. The van der Waals surface area contributed by atoms with E-state index in [9.17, 15) is 14.6 Å². The van der Waals surface area contributed by atoms with Crippen molar-refractivity contribution in [2.24, 2.45) is 5.92 Å². The van der Waals surface area contributed by atoms with E-state index in [2.05, 4.69) is 13.8 Å². The monoisotopic (exact) mass is 272 g/mol. The first kappa shape index (κ1) is 20.1. The van der Waals surface area contributed by atoms with Crippen LogP contribution in [0.2, 0.25) is 0 Å². The van der Waals surface area contributed by atoms with Gasteiger partial charge in [0.15, 0.2) is 0 Å². The molecular weight excluding hydrogens is 250 g/mol. The van der Waals surface area contributed by atoms with Gasteiger partial charge >= 0.3 is 35.5 Å². The van der Waals surface area contributed by atoms with Gasteiger partial charge in [0.1, 0.15) is 0 Å². The molecule has 0 radical (unpaired) electrons. The summed E-state index contributed by atoms with van der Waals surface area (Å²) in [6, 6.07) is 0. The molecule has 17 heavy (non-hydrogen) atoms. The number of hydrogen-bond donors (Lipinski definition) is 0. The number of hydrogen-bond acceptors (Lipinski definition) is 4. The van der Waals surface area contributed by atoms with E-state index in [1.807, 2.05) is 0 Å². The molecule has 6 heteroatoms. The minimum absolute atomic E-state index is 0. The predicted octanol–water partition coefficient (Wildman–Crippen LogP) is -2.10. The average molecular weight is 272 g/mol. The maximum atomic E-state index is 11.2. The van der Waals surface area contributed by atoms with Crippen LogP contribution in [0.25, 0.3) is 0 Å². The molecule has 0 spiro atoms. The Bertz CT molecular complexity index is 190. The average Bonchev–Trinajstić information content (AvgIpc) is 2.26. The summed E-state index contributed by atoms with van der Waals surface area (Å²) in [5, 5.41) is 0. The molecule has 0 aliphatic heterocycles. The van der Waals surface area contributed by atoms with Crippen LogP contribution < -0.4 is 39.3 Å². The summed E-state index contributed by atoms with van der Waals surface area (Å²) >= 11 is 0. The van der Waals surface area contributed by atoms with E-state index in [4.69, 9.17) is 4.74 Å². The first-order valence-electron chi connectivity index (χ1n) is 5.95. The first-order valence-corrected chi connectivity index (χ1v) is 7.47. The molecule has 96 valence electrons. The van der Waals surface area contributed by atoms with Crippen LogP contribution in [-0.4, -0.2) is 18.7 Å². The summed E-state index contributed by atoms with van der Waals surface area (Å²) in [5.74, 6) is 0.0114. The Kier molecular flexibility index (Phi) is 15.7. The van der Waals surface area contributed by atoms with Gasteiger partial charge in [-0.15, -0.1) is 8.38 Å². The fourth-order valence-corrected chi connectivity index (χ4v) is 1.79. The summed E-state index contributed by atoms with van der Waals surface area (Å²) in [5.41, 5.74) is 0. The first-order chi connectivity index (χ1) is 7.60. The van der Waals surface area contributed by atoms with Crippen molar-refractivity contribution in [2.45, 2.75) is 46.0 Å². The van der Waals surface area contributed by atoms with Gasteiger partial charge < -0.3 is 14.5 Å². The Labute approximate surface area is 127 Å². The molecule has 0 saturated heterocycles. The second-order valence-electron chi connectivity index (χ2n) is 3.97. The summed E-state index contributed by atoms with van der Waals surface area (Å²) in [6.07, 6.45) is 4.26. The van der Waals surface area contributed by atoms with Crippen LogP contribution in [0.3, 0.4) is 0 Å². The normalized spacial score (nSPS) is 12.1. The second kappa shape index (κ2) is 13.3. The fourth-order valence-electron chi connectivity index (χ4n) is 1.39. The minimum Gasteiger partial charge on any atom is -0.685 e. The quantitative estimate of drug-likeness (QED) is 0.274. The van der Waals surface area contributed by atoms with Gasteiger partial charge in [-0.25, -0.2) is 0 Å². The van der Waals surface area contributed by atoms with Crippen LogP contribution in [0.5, 0.6) is 0 Å². The van der Waals surface area contributed by atoms with Gasteiger partial charge in [-0.2, -0.15) is 0 Å². The van der Waals surface area contributed by atoms with E-state index in [0.29, 0.717) is 12.5 Å². The molecule has 1 atom stereocenters. The van der Waals surface area contributed by atoms with E-state index in [-0.39, 0.29) is 42.1 Å². The van der Waals surface area contributed by atoms with E-state index in [1.54, 1.807) is 0 Å². The van der Waals surface area contributed by atoms with Crippen molar-refractivity contribution in [1.82, 2.24) is 0 Å². The molecule has 0 bridgehead atoms. The largest absolute Gasteiger partial charge is 1.00 e. The molecule has 0 fully saturated rings. The van der Waals surface area contributed by atoms with Gasteiger partial charge in [0.05, 0.1) is 19.2 Å². The van der Waals surface area contributed by atoms with Crippen molar-refractivity contribution in [3.05, 3.63) is 0 Å². The van der Waals surface area contributed by atoms with E-state index in [0.717, 1.165) is 25.7 Å². The summed E-state index contributed by atoms with van der Waals surface area (Å²) in [7, 11) is -2.79. The van der Waals surface area contributed by atoms with Gasteiger partial charge in [0, 0.05) is 0 Å². The van der Waals surface area contributed by atoms with Crippen LogP contribution in [-0.2, 0) is 9.53 Å². The Morgan fingerprint density at radius 1 is 1.35 bits per heavy atom. The van der Waals surface area contributed by atoms with Crippen molar-refractivity contribution in [3.63, 3.8) is 0 Å². The number of rotatable bonds is 9. The molecule has 0 N–H and O–H groups in total. The molecule has 0 aliphatic carbocycles. The molecule has 0 amide bonds. The second-order valence-corrected chi connectivity index (χ2v) is 5.22. The van der Waals surface area contributed by atoms with Gasteiger partial charge in [0.2, 0.25) is 0 Å². The maximum absolute atomic E-state index is 11.2. The third-order valence-electron chi connectivity index (χ3n) is 2.56. The van der Waals surface area contributed by atoms with Crippen molar-refractivity contribution in [2.75, 3.05) is 12.8 Å². The predicted molar refractivity (Wildman–Crippen MR) is 62.1 cm³/mol. The zero-order valence-electron chi connectivity index (χ0n) is 11.2. The number of unbranched alkanes of at least 4 members (excludes halogenated alkanes) is 1. The number of carbonyl (C=O) groups is 1. The molecule has 1 unspecified atom stereocenters. The molecule has 0 aromatic rings. The summed E-state index contributed by atoms with van der Waals surface area (Å²) in [4.78, 5) is 31.8. The van der Waals surface area contributed by atoms with Crippen molar-refractivity contribution in [1.29, 1.82) is 0 Å². The third-order valence-corrected chi connectivity index (χ3v) is 3.21. The standard InChI is InChI=1S/C11H22O4P.Na/c1-3-5-6-10(4-2)9-15-11(12)7-8-16(13)14;/h10,16H,3-9H2,1-2H3;/q-1;+1. The van der Waals surface area contributed by atoms with Crippen molar-refractivity contribution in [3.8, 4) is 0 Å². The molecule has 4 nitrogen and oxygen atoms in total. The van der Waals surface area contributed by atoms with Crippen LogP contribution >= 0.6 is 8.38 Å². The topological polar surface area (TPSA) is 72.4 Å². The fraction of sp³-hybridized carbons (Fsp3) is 0.909. The van der Waals surface area contributed by atoms with Crippen LogP contribution in [0, 0.1) is 5.92 Å². The van der Waals surface area contributed by atoms with Gasteiger partial charge in [-0.3, -0.25) is 4.79 Å². The third kappa shape index (κ3) is 13.1. The SMILES string of the molecule is CCCCC(CC)COC(=O)CC[PH+]([O-])[O-].[Na+]. The van der Waals surface area contributed by atoms with Crippen molar-refractivity contribution < 1.29 is 48.9 Å².